The summed E-state index contributed by atoms with van der Waals surface area (Å²) >= 11 is 0. The van der Waals surface area contributed by atoms with Gasteiger partial charge in [-0.2, -0.15) is 0 Å². The molecule has 0 aromatic carbocycles. The van der Waals surface area contributed by atoms with Crippen molar-refractivity contribution in [1.82, 2.24) is 0 Å². The number of allylic oxidation sites excluding steroid dienone is 2. The smallest absolute Gasteiger partial charge is 0.314 e. The molecule has 1 heterocycles. The van der Waals surface area contributed by atoms with E-state index in [2.05, 4.69) is 26.5 Å². The largest absolute Gasteiger partial charge is 0.465 e. The highest BCUT2D eigenvalue weighted by Gasteiger charge is 2.67. The van der Waals surface area contributed by atoms with Crippen molar-refractivity contribution in [2.75, 3.05) is 6.61 Å². The van der Waals surface area contributed by atoms with E-state index < -0.39 is 5.41 Å². The molecule has 0 unspecified atom stereocenters. The molecule has 0 aromatic rings. The Morgan fingerprint density at radius 2 is 2.03 bits per heavy atom. The molecule has 30 heavy (non-hydrogen) atoms. The van der Waals surface area contributed by atoms with Crippen LogP contribution in [0.15, 0.2) is 24.3 Å². The number of rotatable bonds is 4. The Morgan fingerprint density at radius 1 is 1.30 bits per heavy atom. The van der Waals surface area contributed by atoms with Gasteiger partial charge in [-0.1, -0.05) is 32.6 Å². The van der Waals surface area contributed by atoms with Crippen LogP contribution < -0.4 is 0 Å². The quantitative estimate of drug-likeness (QED) is 0.515. The predicted molar refractivity (Wildman–Crippen MR) is 109 cm³/mol. The first-order valence-electron chi connectivity index (χ1n) is 11.0. The molecule has 1 aliphatic heterocycles. The summed E-state index contributed by atoms with van der Waals surface area (Å²) in [6.45, 7) is 11.3. The van der Waals surface area contributed by atoms with Gasteiger partial charge in [-0.3, -0.25) is 14.4 Å². The van der Waals surface area contributed by atoms with Crippen LogP contribution in [0, 0.1) is 34.5 Å². The normalized spacial score (nSPS) is 44.1. The first kappa shape index (κ1) is 21.1. The van der Waals surface area contributed by atoms with E-state index in [0.29, 0.717) is 6.42 Å². The summed E-state index contributed by atoms with van der Waals surface area (Å²) in [5.74, 6) is -0.510. The number of carbonyl (C=O) groups is 3. The first-order chi connectivity index (χ1) is 14.1. The number of hydrogen-bond donors (Lipinski definition) is 0. The molecule has 3 fully saturated rings. The van der Waals surface area contributed by atoms with Gasteiger partial charge in [0.2, 0.25) is 0 Å². The van der Waals surface area contributed by atoms with E-state index in [4.69, 9.17) is 14.2 Å². The Kier molecular flexibility index (Phi) is 5.10. The zero-order chi connectivity index (χ0) is 21.8. The number of ether oxygens (including phenoxy) is 3. The molecule has 0 bridgehead atoms. The lowest BCUT2D eigenvalue weighted by Crippen LogP contribution is -2.62. The summed E-state index contributed by atoms with van der Waals surface area (Å²) in [5, 5.41) is 0. The van der Waals surface area contributed by atoms with Crippen molar-refractivity contribution in [2.45, 2.75) is 65.6 Å². The molecule has 1 saturated heterocycles. The first-order valence-corrected chi connectivity index (χ1v) is 11.0. The third kappa shape index (κ3) is 3.02. The fraction of sp³-hybridized carbons (Fsp3) is 0.708. The predicted octanol–water partition coefficient (Wildman–Crippen LogP) is 3.60. The van der Waals surface area contributed by atoms with Crippen LogP contribution in [0.25, 0.3) is 0 Å². The topological polar surface area (TPSA) is 78.9 Å². The van der Waals surface area contributed by atoms with Gasteiger partial charge in [-0.05, 0) is 48.5 Å². The fourth-order valence-electron chi connectivity index (χ4n) is 7.18. The highest BCUT2D eigenvalue weighted by Crippen LogP contribution is 2.66. The molecular weight excluding hydrogens is 384 g/mol. The minimum Gasteiger partial charge on any atom is -0.465 e. The van der Waals surface area contributed by atoms with Gasteiger partial charge in [0.05, 0.1) is 5.92 Å². The van der Waals surface area contributed by atoms with Crippen LogP contribution >= 0.6 is 0 Å². The van der Waals surface area contributed by atoms with Crippen molar-refractivity contribution in [2.24, 2.45) is 34.5 Å². The average molecular weight is 417 g/mol. The second-order valence-corrected chi connectivity index (χ2v) is 10.00. The van der Waals surface area contributed by atoms with Gasteiger partial charge in [0, 0.05) is 25.2 Å². The molecule has 3 aliphatic carbocycles. The van der Waals surface area contributed by atoms with E-state index in [1.54, 1.807) is 6.08 Å². The highest BCUT2D eigenvalue weighted by molar-refractivity contribution is 5.80. The van der Waals surface area contributed by atoms with E-state index in [9.17, 15) is 14.4 Å². The van der Waals surface area contributed by atoms with Gasteiger partial charge in [0.1, 0.15) is 18.8 Å². The van der Waals surface area contributed by atoms with Crippen LogP contribution in [0.4, 0.5) is 0 Å². The van der Waals surface area contributed by atoms with Crippen LogP contribution in [-0.4, -0.2) is 36.7 Å². The van der Waals surface area contributed by atoms with Gasteiger partial charge >= 0.3 is 17.9 Å². The third-order valence-electron chi connectivity index (χ3n) is 8.49. The Hall–Kier alpha value is -2.11. The molecule has 6 heteroatoms. The summed E-state index contributed by atoms with van der Waals surface area (Å²) in [7, 11) is 0. The van der Waals surface area contributed by atoms with Gasteiger partial charge < -0.3 is 14.2 Å². The van der Waals surface area contributed by atoms with E-state index in [-0.39, 0.29) is 65.8 Å². The monoisotopic (exact) mass is 416 g/mol. The number of fused-ring (bicyclic) bond motifs is 2. The van der Waals surface area contributed by atoms with Crippen molar-refractivity contribution in [3.05, 3.63) is 24.3 Å². The molecular formula is C24H32O6. The molecule has 0 amide bonds. The molecule has 0 radical (unpaired) electrons. The number of esters is 3. The molecule has 4 aliphatic rings. The maximum Gasteiger partial charge on any atom is 0.314 e. The Labute approximate surface area is 178 Å². The average Bonchev–Trinajstić information content (AvgIpc) is 3.02. The molecule has 4 rings (SSSR count). The fourth-order valence-corrected chi connectivity index (χ4v) is 7.18. The van der Waals surface area contributed by atoms with Crippen LogP contribution in [0.1, 0.15) is 53.4 Å². The van der Waals surface area contributed by atoms with Gasteiger partial charge in [0.25, 0.3) is 0 Å². The molecule has 8 atom stereocenters. The second kappa shape index (κ2) is 7.24. The summed E-state index contributed by atoms with van der Waals surface area (Å²) in [5.41, 5.74) is 0.381. The van der Waals surface area contributed by atoms with Crippen molar-refractivity contribution in [3.8, 4) is 0 Å². The van der Waals surface area contributed by atoms with Gasteiger partial charge in [0.15, 0.2) is 0 Å². The Bertz CT molecular complexity index is 815. The highest BCUT2D eigenvalue weighted by atomic mass is 16.6. The van der Waals surface area contributed by atoms with E-state index in [1.165, 1.54) is 13.8 Å². The maximum atomic E-state index is 12.8. The van der Waals surface area contributed by atoms with Crippen molar-refractivity contribution in [3.63, 3.8) is 0 Å². The Morgan fingerprint density at radius 3 is 2.67 bits per heavy atom. The summed E-state index contributed by atoms with van der Waals surface area (Å²) in [6, 6.07) is 0. The molecule has 0 N–H and O–H groups in total. The van der Waals surface area contributed by atoms with E-state index in [0.717, 1.165) is 24.8 Å². The number of hydrogen-bond acceptors (Lipinski definition) is 6. The zero-order valence-electron chi connectivity index (χ0n) is 18.3. The standard InChI is InChI=1S/C24H32O6/c1-6-15-7-8-16-21-17(30-22(27)20(15)21)11-18-23(16,4)10-9-19(29-14(3)26)24(18,5)12-28-13(2)25/h6-7,16-21H,1,8-12H2,2-5H3/t16-,17-,18+,19-,20+,21-,23+,24-/m1/s1. The molecule has 2 saturated carbocycles. The molecule has 0 spiro atoms. The van der Waals surface area contributed by atoms with Crippen LogP contribution in [0.3, 0.4) is 0 Å². The summed E-state index contributed by atoms with van der Waals surface area (Å²) < 4.78 is 17.1. The van der Waals surface area contributed by atoms with Gasteiger partial charge in [-0.15, -0.1) is 0 Å². The second-order valence-electron chi connectivity index (χ2n) is 10.00. The van der Waals surface area contributed by atoms with E-state index in [1.807, 2.05) is 0 Å². The van der Waals surface area contributed by atoms with E-state index >= 15 is 0 Å². The Balaban J connectivity index is 1.75. The van der Waals surface area contributed by atoms with Gasteiger partial charge in [-0.25, -0.2) is 0 Å². The minimum absolute atomic E-state index is 0.0673. The lowest BCUT2D eigenvalue weighted by atomic mass is 9.43. The SMILES string of the molecule is C=CC1=CC[C@@H]2[C@H]3[C@H]1C(=O)O[C@@H]3C[C@H]1[C@@]2(C)CC[C@@H](OC(C)=O)[C@]1(C)COC(C)=O. The van der Waals surface area contributed by atoms with Crippen molar-refractivity contribution >= 4 is 17.9 Å². The van der Waals surface area contributed by atoms with Crippen LogP contribution in [0.2, 0.25) is 0 Å². The zero-order valence-corrected chi connectivity index (χ0v) is 18.3. The van der Waals surface area contributed by atoms with Crippen molar-refractivity contribution in [1.29, 1.82) is 0 Å². The molecule has 164 valence electrons. The van der Waals surface area contributed by atoms with Crippen molar-refractivity contribution < 1.29 is 28.6 Å². The summed E-state index contributed by atoms with van der Waals surface area (Å²) in [4.78, 5) is 36.2. The summed E-state index contributed by atoms with van der Waals surface area (Å²) in [6.07, 6.45) is 6.64. The minimum atomic E-state index is -0.539. The van der Waals surface area contributed by atoms with Crippen LogP contribution in [0.5, 0.6) is 0 Å². The lowest BCUT2D eigenvalue weighted by Gasteiger charge is -2.62. The van der Waals surface area contributed by atoms with Crippen LogP contribution in [-0.2, 0) is 28.6 Å². The molecule has 0 aromatic heterocycles. The molecule has 6 nitrogen and oxygen atoms in total. The number of carbonyl (C=O) groups excluding carboxylic acids is 3. The lowest BCUT2D eigenvalue weighted by molar-refractivity contribution is -0.210. The maximum absolute atomic E-state index is 12.8. The third-order valence-corrected chi connectivity index (χ3v) is 8.49.